The zero-order valence-corrected chi connectivity index (χ0v) is 19.5. The van der Waals surface area contributed by atoms with E-state index >= 15 is 0 Å². The lowest BCUT2D eigenvalue weighted by atomic mass is 10.1. The van der Waals surface area contributed by atoms with E-state index in [0.29, 0.717) is 33.4 Å². The Morgan fingerprint density at radius 2 is 1.76 bits per heavy atom. The second kappa shape index (κ2) is 10.1. The van der Waals surface area contributed by atoms with Crippen LogP contribution in [-0.2, 0) is 21.2 Å². The molecule has 33 heavy (non-hydrogen) atoms. The molecule has 3 N–H and O–H groups in total. The number of anilines is 1. The molecule has 0 heterocycles. The summed E-state index contributed by atoms with van der Waals surface area (Å²) in [5.74, 6) is 0.769. The first-order valence-corrected chi connectivity index (χ1v) is 11.6. The van der Waals surface area contributed by atoms with Crippen LogP contribution in [0.2, 0.25) is 10.0 Å². The van der Waals surface area contributed by atoms with Crippen molar-refractivity contribution in [2.75, 3.05) is 12.4 Å². The number of amides is 1. The maximum Gasteiger partial charge on any atom is 0.238 e. The van der Waals surface area contributed by atoms with Crippen molar-refractivity contribution in [1.82, 2.24) is 0 Å². The predicted octanol–water partition coefficient (Wildman–Crippen LogP) is 4.49. The number of nitriles is 1. The standard InChI is InChI=1S/C22H17Cl2N3O5S/c1-31-16-5-13(6-18(10-16)32-17-7-14(12-25)4-15(23)9-17)8-22(28)27-21-3-2-19(11-20(21)24)33(26,29)30/h2-7,9-11H,8H2,1H3,(H,27,28)(H2,26,29,30). The molecule has 0 aliphatic rings. The van der Waals surface area contributed by atoms with E-state index in [2.05, 4.69) is 5.32 Å². The van der Waals surface area contributed by atoms with E-state index in [-0.39, 0.29) is 22.0 Å². The molecule has 0 atom stereocenters. The molecule has 0 spiro atoms. The van der Waals surface area contributed by atoms with Crippen molar-refractivity contribution in [3.63, 3.8) is 0 Å². The van der Waals surface area contributed by atoms with Gasteiger partial charge in [0.2, 0.25) is 15.9 Å². The molecule has 0 unspecified atom stereocenters. The molecule has 170 valence electrons. The average molecular weight is 506 g/mol. The summed E-state index contributed by atoms with van der Waals surface area (Å²) in [6, 6.07) is 15.3. The Bertz CT molecular complexity index is 1370. The van der Waals surface area contributed by atoms with Gasteiger partial charge in [0.1, 0.15) is 17.2 Å². The molecule has 0 fully saturated rings. The minimum Gasteiger partial charge on any atom is -0.497 e. The van der Waals surface area contributed by atoms with Crippen molar-refractivity contribution in [1.29, 1.82) is 5.26 Å². The molecule has 11 heteroatoms. The Hall–Kier alpha value is -3.29. The lowest BCUT2D eigenvalue weighted by Gasteiger charge is -2.12. The third-order valence-corrected chi connectivity index (χ3v) is 5.76. The number of hydrogen-bond donors (Lipinski definition) is 2. The summed E-state index contributed by atoms with van der Waals surface area (Å²) in [4.78, 5) is 12.4. The van der Waals surface area contributed by atoms with Gasteiger partial charge in [-0.25, -0.2) is 13.6 Å². The second-order valence-corrected chi connectivity index (χ2v) is 9.22. The maximum absolute atomic E-state index is 12.6. The van der Waals surface area contributed by atoms with Gasteiger partial charge in [-0.3, -0.25) is 4.79 Å². The summed E-state index contributed by atoms with van der Waals surface area (Å²) in [5.41, 5.74) is 1.14. The number of hydrogen-bond acceptors (Lipinski definition) is 6. The Balaban J connectivity index is 1.79. The van der Waals surface area contributed by atoms with Crippen LogP contribution in [0.5, 0.6) is 17.2 Å². The van der Waals surface area contributed by atoms with Crippen LogP contribution in [-0.4, -0.2) is 21.4 Å². The Morgan fingerprint density at radius 3 is 2.39 bits per heavy atom. The molecule has 0 saturated heterocycles. The minimum atomic E-state index is -3.92. The van der Waals surface area contributed by atoms with Crippen molar-refractivity contribution < 1.29 is 22.7 Å². The fourth-order valence-corrected chi connectivity index (χ4v) is 3.94. The van der Waals surface area contributed by atoms with Crippen LogP contribution < -0.4 is 19.9 Å². The zero-order chi connectivity index (χ0) is 24.2. The minimum absolute atomic E-state index is 0.0267. The normalized spacial score (nSPS) is 10.9. The van der Waals surface area contributed by atoms with Crippen LogP contribution in [0, 0.1) is 11.3 Å². The van der Waals surface area contributed by atoms with E-state index in [0.717, 1.165) is 6.07 Å². The molecule has 0 aliphatic heterocycles. The van der Waals surface area contributed by atoms with Gasteiger partial charge >= 0.3 is 0 Å². The van der Waals surface area contributed by atoms with Gasteiger partial charge in [0.05, 0.1) is 40.8 Å². The Morgan fingerprint density at radius 1 is 1.06 bits per heavy atom. The summed E-state index contributed by atoms with van der Waals surface area (Å²) >= 11 is 12.1. The highest BCUT2D eigenvalue weighted by atomic mass is 35.5. The fourth-order valence-electron chi connectivity index (χ4n) is 2.89. The molecule has 0 aromatic heterocycles. The van der Waals surface area contributed by atoms with Crippen LogP contribution in [0.15, 0.2) is 59.5 Å². The van der Waals surface area contributed by atoms with Crippen LogP contribution in [0.4, 0.5) is 5.69 Å². The van der Waals surface area contributed by atoms with E-state index in [1.165, 1.54) is 31.4 Å². The van der Waals surface area contributed by atoms with Gasteiger partial charge in [-0.05, 0) is 54.1 Å². The third kappa shape index (κ3) is 6.60. The zero-order valence-electron chi connectivity index (χ0n) is 17.1. The molecule has 0 radical (unpaired) electrons. The van der Waals surface area contributed by atoms with Crippen molar-refractivity contribution >= 4 is 44.8 Å². The molecule has 3 aromatic rings. The van der Waals surface area contributed by atoms with Crippen molar-refractivity contribution in [3.8, 4) is 23.3 Å². The second-order valence-electron chi connectivity index (χ2n) is 6.82. The van der Waals surface area contributed by atoms with E-state index in [9.17, 15) is 13.2 Å². The first-order valence-electron chi connectivity index (χ1n) is 9.26. The number of nitrogens with one attached hydrogen (secondary N) is 1. The van der Waals surface area contributed by atoms with Crippen LogP contribution >= 0.6 is 23.2 Å². The van der Waals surface area contributed by atoms with Gasteiger partial charge in [-0.2, -0.15) is 5.26 Å². The van der Waals surface area contributed by atoms with E-state index in [4.69, 9.17) is 43.1 Å². The summed E-state index contributed by atoms with van der Waals surface area (Å²) in [6.07, 6.45) is -0.0557. The highest BCUT2D eigenvalue weighted by molar-refractivity contribution is 7.89. The number of methoxy groups -OCH3 is 1. The number of primary sulfonamides is 1. The molecule has 0 bridgehead atoms. The van der Waals surface area contributed by atoms with E-state index in [1.54, 1.807) is 24.3 Å². The number of benzene rings is 3. The molecular formula is C22H17Cl2N3O5S. The Kier molecular flexibility index (Phi) is 7.46. The smallest absolute Gasteiger partial charge is 0.238 e. The van der Waals surface area contributed by atoms with Crippen molar-refractivity contribution in [2.24, 2.45) is 5.14 Å². The van der Waals surface area contributed by atoms with Crippen LogP contribution in [0.1, 0.15) is 11.1 Å². The largest absolute Gasteiger partial charge is 0.497 e. The number of nitrogens with two attached hydrogens (primary N) is 1. The summed E-state index contributed by atoms with van der Waals surface area (Å²) in [5, 5.41) is 17.2. The summed E-state index contributed by atoms with van der Waals surface area (Å²) < 4.78 is 33.9. The molecule has 8 nitrogen and oxygen atoms in total. The van der Waals surface area contributed by atoms with Gasteiger partial charge in [0, 0.05) is 11.1 Å². The number of rotatable bonds is 7. The SMILES string of the molecule is COc1cc(CC(=O)Nc2ccc(S(N)(=O)=O)cc2Cl)cc(Oc2cc(Cl)cc(C#N)c2)c1. The van der Waals surface area contributed by atoms with E-state index in [1.807, 2.05) is 6.07 Å². The van der Waals surface area contributed by atoms with Gasteiger partial charge in [-0.15, -0.1) is 0 Å². The van der Waals surface area contributed by atoms with Gasteiger partial charge in [-0.1, -0.05) is 23.2 Å². The lowest BCUT2D eigenvalue weighted by molar-refractivity contribution is -0.115. The molecule has 0 aliphatic carbocycles. The number of halogens is 2. The predicted molar refractivity (Wildman–Crippen MR) is 124 cm³/mol. The monoisotopic (exact) mass is 505 g/mol. The third-order valence-electron chi connectivity index (χ3n) is 4.32. The molecular weight excluding hydrogens is 489 g/mol. The summed E-state index contributed by atoms with van der Waals surface area (Å²) in [6.45, 7) is 0. The Labute approximate surface area is 200 Å². The fraction of sp³-hybridized carbons (Fsp3) is 0.0909. The highest BCUT2D eigenvalue weighted by Gasteiger charge is 2.14. The van der Waals surface area contributed by atoms with Crippen LogP contribution in [0.25, 0.3) is 0 Å². The highest BCUT2D eigenvalue weighted by Crippen LogP contribution is 2.30. The number of carbonyl (C=O) groups is 1. The lowest BCUT2D eigenvalue weighted by Crippen LogP contribution is -2.16. The molecule has 3 aromatic carbocycles. The first kappa shape index (κ1) is 24.4. The topological polar surface area (TPSA) is 132 Å². The first-order chi connectivity index (χ1) is 15.6. The maximum atomic E-state index is 12.6. The molecule has 3 rings (SSSR count). The number of nitrogens with zero attached hydrogens (tertiary/aromatic N) is 1. The average Bonchev–Trinajstić information content (AvgIpc) is 2.73. The number of ether oxygens (including phenoxy) is 2. The molecule has 0 saturated carbocycles. The quantitative estimate of drug-likeness (QED) is 0.485. The van der Waals surface area contributed by atoms with E-state index < -0.39 is 15.9 Å². The summed E-state index contributed by atoms with van der Waals surface area (Å²) in [7, 11) is -2.44. The van der Waals surface area contributed by atoms with Crippen LogP contribution in [0.3, 0.4) is 0 Å². The van der Waals surface area contributed by atoms with Crippen molar-refractivity contribution in [3.05, 3.63) is 75.8 Å². The molecule has 1 amide bonds. The number of sulfonamides is 1. The van der Waals surface area contributed by atoms with Gasteiger partial charge in [0.15, 0.2) is 0 Å². The van der Waals surface area contributed by atoms with Gasteiger partial charge in [0.25, 0.3) is 0 Å². The van der Waals surface area contributed by atoms with Gasteiger partial charge < -0.3 is 14.8 Å². The number of carbonyl (C=O) groups excluding carboxylic acids is 1. The van der Waals surface area contributed by atoms with Crippen molar-refractivity contribution in [2.45, 2.75) is 11.3 Å².